The summed E-state index contributed by atoms with van der Waals surface area (Å²) >= 11 is 1.36. The number of carbonyl (C=O) groups is 2. The summed E-state index contributed by atoms with van der Waals surface area (Å²) in [5, 5.41) is 5.25. The Kier molecular flexibility index (Phi) is 6.18. The van der Waals surface area contributed by atoms with Crippen molar-refractivity contribution in [2.45, 2.75) is 32.6 Å². The number of nitrogens with zero attached hydrogens (tertiary/aromatic N) is 3. The summed E-state index contributed by atoms with van der Waals surface area (Å²) in [6.45, 7) is 2.56. The molecule has 1 aliphatic heterocycles. The molecule has 1 atom stereocenters. The van der Waals surface area contributed by atoms with Crippen molar-refractivity contribution in [2.24, 2.45) is 5.92 Å². The quantitative estimate of drug-likeness (QED) is 0.609. The first-order valence-corrected chi connectivity index (χ1v) is 11.1. The van der Waals surface area contributed by atoms with E-state index < -0.39 is 0 Å². The highest BCUT2D eigenvalue weighted by Crippen LogP contribution is 2.28. The lowest BCUT2D eigenvalue weighted by Crippen LogP contribution is -2.28. The van der Waals surface area contributed by atoms with Gasteiger partial charge in [-0.2, -0.15) is 0 Å². The molecule has 154 valence electrons. The van der Waals surface area contributed by atoms with Gasteiger partial charge in [0.15, 0.2) is 5.13 Å². The Morgan fingerprint density at radius 3 is 2.77 bits per heavy atom. The minimum atomic E-state index is -0.389. The summed E-state index contributed by atoms with van der Waals surface area (Å²) in [5.41, 5.74) is 3.61. The van der Waals surface area contributed by atoms with Crippen LogP contribution in [-0.2, 0) is 16.0 Å². The Hall–Kier alpha value is -3.06. The van der Waals surface area contributed by atoms with Crippen molar-refractivity contribution < 1.29 is 9.59 Å². The monoisotopic (exact) mass is 420 g/mol. The Balaban J connectivity index is 1.38. The zero-order valence-corrected chi connectivity index (χ0v) is 17.7. The molecular formula is C23H24N4O2S. The zero-order valence-electron chi connectivity index (χ0n) is 16.9. The van der Waals surface area contributed by atoms with Gasteiger partial charge in [0, 0.05) is 30.2 Å². The van der Waals surface area contributed by atoms with Crippen molar-refractivity contribution in [3.8, 4) is 11.4 Å². The van der Waals surface area contributed by atoms with Gasteiger partial charge >= 0.3 is 0 Å². The number of thiazole rings is 1. The number of anilines is 2. The Bertz CT molecular complexity index is 1020. The molecule has 0 saturated carbocycles. The molecule has 0 bridgehead atoms. The van der Waals surface area contributed by atoms with E-state index in [9.17, 15) is 9.59 Å². The van der Waals surface area contributed by atoms with Gasteiger partial charge in [0.1, 0.15) is 5.69 Å². The first kappa shape index (κ1) is 20.2. The largest absolute Gasteiger partial charge is 0.312 e. The van der Waals surface area contributed by atoms with E-state index in [0.29, 0.717) is 11.7 Å². The van der Waals surface area contributed by atoms with Gasteiger partial charge in [0.25, 0.3) is 0 Å². The number of carbonyl (C=O) groups excluding carboxylic acids is 2. The van der Waals surface area contributed by atoms with Crippen molar-refractivity contribution in [1.82, 2.24) is 9.97 Å². The highest BCUT2D eigenvalue weighted by atomic mass is 32.1. The molecule has 1 aromatic carbocycles. The molecule has 0 radical (unpaired) electrons. The molecule has 1 saturated heterocycles. The van der Waals surface area contributed by atoms with Crippen LogP contribution in [0.3, 0.4) is 0 Å². The van der Waals surface area contributed by atoms with Crippen LogP contribution in [0.1, 0.15) is 31.7 Å². The average molecular weight is 421 g/mol. The standard InChI is InChI=1S/C23H24N4O2S/c1-2-3-6-16-8-10-18(11-9-16)27-14-17(13-21(27)28)22(29)26-23-25-20(15-30-23)19-7-4-5-12-24-19/h4-5,7-12,15,17H,2-3,6,13-14H2,1H3,(H,25,26,29). The fraction of sp³-hybridized carbons (Fsp3) is 0.304. The predicted molar refractivity (Wildman–Crippen MR) is 119 cm³/mol. The Morgan fingerprint density at radius 2 is 2.03 bits per heavy atom. The van der Waals surface area contributed by atoms with E-state index in [2.05, 4.69) is 34.3 Å². The molecule has 1 fully saturated rings. The van der Waals surface area contributed by atoms with Gasteiger partial charge in [0.05, 0.1) is 11.6 Å². The minimum Gasteiger partial charge on any atom is -0.312 e. The third-order valence-electron chi connectivity index (χ3n) is 5.22. The maximum absolute atomic E-state index is 12.7. The van der Waals surface area contributed by atoms with Crippen LogP contribution in [0.15, 0.2) is 54.0 Å². The molecule has 3 aromatic rings. The molecule has 6 nitrogen and oxygen atoms in total. The summed E-state index contributed by atoms with van der Waals surface area (Å²) in [7, 11) is 0. The maximum atomic E-state index is 12.7. The third kappa shape index (κ3) is 4.57. The van der Waals surface area contributed by atoms with Gasteiger partial charge in [-0.3, -0.25) is 14.6 Å². The molecule has 2 aromatic heterocycles. The zero-order chi connectivity index (χ0) is 20.9. The topological polar surface area (TPSA) is 75.2 Å². The summed E-state index contributed by atoms with van der Waals surface area (Å²) < 4.78 is 0. The van der Waals surface area contributed by atoms with E-state index in [1.165, 1.54) is 16.9 Å². The number of amides is 2. The number of hydrogen-bond acceptors (Lipinski definition) is 5. The van der Waals surface area contributed by atoms with Crippen LogP contribution in [0.4, 0.5) is 10.8 Å². The Morgan fingerprint density at radius 1 is 1.20 bits per heavy atom. The summed E-state index contributed by atoms with van der Waals surface area (Å²) in [5.74, 6) is -0.587. The van der Waals surface area contributed by atoms with Gasteiger partial charge in [-0.1, -0.05) is 31.5 Å². The second-order valence-corrected chi connectivity index (χ2v) is 8.28. The molecule has 1 N–H and O–H groups in total. The smallest absolute Gasteiger partial charge is 0.231 e. The van der Waals surface area contributed by atoms with Crippen LogP contribution in [0.2, 0.25) is 0 Å². The maximum Gasteiger partial charge on any atom is 0.231 e. The second kappa shape index (κ2) is 9.17. The van der Waals surface area contributed by atoms with Crippen molar-refractivity contribution in [3.63, 3.8) is 0 Å². The lowest BCUT2D eigenvalue weighted by molar-refractivity contribution is -0.122. The second-order valence-electron chi connectivity index (χ2n) is 7.42. The number of hydrogen-bond donors (Lipinski definition) is 1. The molecule has 7 heteroatoms. The number of benzene rings is 1. The van der Waals surface area contributed by atoms with Crippen molar-refractivity contribution >= 4 is 34.0 Å². The van der Waals surface area contributed by atoms with Gasteiger partial charge in [0.2, 0.25) is 11.8 Å². The molecule has 2 amide bonds. The van der Waals surface area contributed by atoms with Crippen LogP contribution < -0.4 is 10.2 Å². The highest BCUT2D eigenvalue weighted by Gasteiger charge is 2.35. The molecule has 4 rings (SSSR count). The number of aromatic nitrogens is 2. The number of pyridine rings is 1. The number of nitrogens with one attached hydrogen (secondary N) is 1. The lowest BCUT2D eigenvalue weighted by Gasteiger charge is -2.17. The van der Waals surface area contributed by atoms with E-state index in [1.54, 1.807) is 11.1 Å². The van der Waals surface area contributed by atoms with Crippen LogP contribution in [0.25, 0.3) is 11.4 Å². The van der Waals surface area contributed by atoms with Crippen LogP contribution in [-0.4, -0.2) is 28.3 Å². The van der Waals surface area contributed by atoms with E-state index >= 15 is 0 Å². The Labute approximate surface area is 180 Å². The first-order valence-electron chi connectivity index (χ1n) is 10.2. The molecule has 1 aliphatic rings. The number of aryl methyl sites for hydroxylation is 1. The SMILES string of the molecule is CCCCc1ccc(N2CC(C(=O)Nc3nc(-c4ccccn4)cs3)CC2=O)cc1. The van der Waals surface area contributed by atoms with Gasteiger partial charge in [-0.25, -0.2) is 4.98 Å². The van der Waals surface area contributed by atoms with Gasteiger partial charge in [-0.15, -0.1) is 11.3 Å². The normalized spacial score (nSPS) is 16.1. The van der Waals surface area contributed by atoms with Gasteiger partial charge in [-0.05, 0) is 42.7 Å². The van der Waals surface area contributed by atoms with E-state index in [0.717, 1.165) is 36.3 Å². The summed E-state index contributed by atoms with van der Waals surface area (Å²) in [4.78, 5) is 35.7. The average Bonchev–Trinajstić information content (AvgIpc) is 3.40. The molecule has 0 spiro atoms. The first-order chi connectivity index (χ1) is 14.6. The molecule has 0 aliphatic carbocycles. The van der Waals surface area contributed by atoms with Crippen LogP contribution in [0, 0.1) is 5.92 Å². The van der Waals surface area contributed by atoms with Crippen molar-refractivity contribution in [2.75, 3.05) is 16.8 Å². The van der Waals surface area contributed by atoms with Crippen LogP contribution >= 0.6 is 11.3 Å². The van der Waals surface area contributed by atoms with Crippen LogP contribution in [0.5, 0.6) is 0 Å². The molecule has 1 unspecified atom stereocenters. The third-order valence-corrected chi connectivity index (χ3v) is 5.98. The molecule has 3 heterocycles. The fourth-order valence-corrected chi connectivity index (χ4v) is 4.23. The summed E-state index contributed by atoms with van der Waals surface area (Å²) in [6, 6.07) is 13.7. The lowest BCUT2D eigenvalue weighted by atomic mass is 10.1. The molecule has 30 heavy (non-hydrogen) atoms. The minimum absolute atomic E-state index is 0.0234. The van der Waals surface area contributed by atoms with E-state index in [4.69, 9.17) is 0 Å². The fourth-order valence-electron chi connectivity index (χ4n) is 3.53. The van der Waals surface area contributed by atoms with E-state index in [1.807, 2.05) is 35.7 Å². The van der Waals surface area contributed by atoms with Crippen molar-refractivity contribution in [3.05, 3.63) is 59.6 Å². The predicted octanol–water partition coefficient (Wildman–Crippen LogP) is 4.54. The molecular weight excluding hydrogens is 396 g/mol. The highest BCUT2D eigenvalue weighted by molar-refractivity contribution is 7.14. The number of rotatable bonds is 7. The van der Waals surface area contributed by atoms with E-state index in [-0.39, 0.29) is 24.2 Å². The van der Waals surface area contributed by atoms with Gasteiger partial charge < -0.3 is 10.2 Å². The van der Waals surface area contributed by atoms with Crippen molar-refractivity contribution in [1.29, 1.82) is 0 Å². The summed E-state index contributed by atoms with van der Waals surface area (Å²) in [6.07, 6.45) is 5.28. The number of unbranched alkanes of at least 4 members (excludes halogenated alkanes) is 1.